The van der Waals surface area contributed by atoms with Crippen molar-refractivity contribution in [3.63, 3.8) is 0 Å². The Morgan fingerprint density at radius 3 is 2.90 bits per heavy atom. The minimum absolute atomic E-state index is 0.0205. The quantitative estimate of drug-likeness (QED) is 0.456. The predicted octanol–water partition coefficient (Wildman–Crippen LogP) is 1.66. The fourth-order valence-electron chi connectivity index (χ4n) is 1.71. The third-order valence-electron chi connectivity index (χ3n) is 2.73. The second-order valence-corrected chi connectivity index (χ2v) is 4.05. The summed E-state index contributed by atoms with van der Waals surface area (Å²) in [6, 6.07) is 5.52. The molecule has 0 radical (unpaired) electrons. The number of benzene rings is 1. The van der Waals surface area contributed by atoms with Gasteiger partial charge in [-0.3, -0.25) is 14.8 Å². The van der Waals surface area contributed by atoms with E-state index >= 15 is 0 Å². The smallest absolute Gasteiger partial charge is 0.342 e. The summed E-state index contributed by atoms with van der Waals surface area (Å²) in [6.07, 6.45) is 3.35. The van der Waals surface area contributed by atoms with Gasteiger partial charge in [0.2, 0.25) is 0 Å². The fraction of sp³-hybridized carbons (Fsp3) is 0.231. The Morgan fingerprint density at radius 2 is 2.29 bits per heavy atom. The summed E-state index contributed by atoms with van der Waals surface area (Å²) in [5.74, 6) is -0.451. The van der Waals surface area contributed by atoms with Crippen LogP contribution in [0.3, 0.4) is 0 Å². The van der Waals surface area contributed by atoms with Crippen LogP contribution < -0.4 is 4.74 Å². The van der Waals surface area contributed by atoms with Crippen molar-refractivity contribution < 1.29 is 19.2 Å². The second-order valence-electron chi connectivity index (χ2n) is 4.05. The first kappa shape index (κ1) is 14.5. The zero-order valence-corrected chi connectivity index (χ0v) is 11.3. The summed E-state index contributed by atoms with van der Waals surface area (Å²) in [4.78, 5) is 22.1. The Balaban J connectivity index is 2.06. The molecule has 0 aliphatic carbocycles. The predicted molar refractivity (Wildman–Crippen MR) is 72.2 cm³/mol. The molecule has 0 unspecified atom stereocenters. The number of ether oxygens (including phenoxy) is 2. The van der Waals surface area contributed by atoms with Crippen LogP contribution in [0.4, 0.5) is 5.69 Å². The molecule has 0 amide bonds. The Hall–Kier alpha value is -2.90. The van der Waals surface area contributed by atoms with E-state index in [1.54, 1.807) is 23.1 Å². The lowest BCUT2D eigenvalue weighted by Crippen LogP contribution is -2.13. The Bertz CT molecular complexity index is 639. The number of rotatable bonds is 6. The number of methoxy groups -OCH3 is 1. The highest BCUT2D eigenvalue weighted by atomic mass is 16.6. The molecule has 0 saturated carbocycles. The summed E-state index contributed by atoms with van der Waals surface area (Å²) in [6.45, 7) is 0.502. The van der Waals surface area contributed by atoms with Crippen LogP contribution in [0.1, 0.15) is 10.4 Å². The van der Waals surface area contributed by atoms with Crippen molar-refractivity contribution in [1.82, 2.24) is 9.78 Å². The highest BCUT2D eigenvalue weighted by Gasteiger charge is 2.18. The summed E-state index contributed by atoms with van der Waals surface area (Å²) >= 11 is 0. The molecule has 0 bridgehead atoms. The standard InChI is InChI=1S/C13H13N3O5/c1-20-12-4-3-10(16(18)19)9-11(12)13(17)21-8-7-15-6-2-5-14-15/h2-6,9H,7-8H2,1H3. The molecule has 0 atom stereocenters. The maximum absolute atomic E-state index is 12.0. The number of hydrogen-bond acceptors (Lipinski definition) is 6. The van der Waals surface area contributed by atoms with Gasteiger partial charge in [-0.1, -0.05) is 0 Å². The molecular weight excluding hydrogens is 278 g/mol. The number of nitro groups is 1. The molecule has 1 aromatic carbocycles. The van der Waals surface area contributed by atoms with Crippen molar-refractivity contribution in [3.8, 4) is 5.75 Å². The molecule has 0 spiro atoms. The normalized spacial score (nSPS) is 10.1. The summed E-state index contributed by atoms with van der Waals surface area (Å²) in [5.41, 5.74) is -0.179. The van der Waals surface area contributed by atoms with Crippen molar-refractivity contribution in [3.05, 3.63) is 52.3 Å². The number of aromatic nitrogens is 2. The van der Waals surface area contributed by atoms with Gasteiger partial charge in [0.25, 0.3) is 5.69 Å². The van der Waals surface area contributed by atoms with Crippen LogP contribution in [0.2, 0.25) is 0 Å². The van der Waals surface area contributed by atoms with E-state index in [0.717, 1.165) is 6.07 Å². The molecule has 0 saturated heterocycles. The van der Waals surface area contributed by atoms with E-state index in [1.807, 2.05) is 0 Å². The van der Waals surface area contributed by atoms with E-state index in [1.165, 1.54) is 19.2 Å². The van der Waals surface area contributed by atoms with Gasteiger partial charge in [-0.05, 0) is 12.1 Å². The minimum atomic E-state index is -0.678. The van der Waals surface area contributed by atoms with Gasteiger partial charge in [-0.2, -0.15) is 5.10 Å². The van der Waals surface area contributed by atoms with E-state index in [0.29, 0.717) is 6.54 Å². The van der Waals surface area contributed by atoms with Gasteiger partial charge >= 0.3 is 5.97 Å². The average Bonchev–Trinajstić information content (AvgIpc) is 2.99. The van der Waals surface area contributed by atoms with Gasteiger partial charge in [0.15, 0.2) is 0 Å². The minimum Gasteiger partial charge on any atom is -0.496 e. The van der Waals surface area contributed by atoms with Crippen molar-refractivity contribution >= 4 is 11.7 Å². The van der Waals surface area contributed by atoms with Crippen LogP contribution >= 0.6 is 0 Å². The molecule has 8 heteroatoms. The molecule has 8 nitrogen and oxygen atoms in total. The second kappa shape index (κ2) is 6.51. The monoisotopic (exact) mass is 291 g/mol. The van der Waals surface area contributed by atoms with Gasteiger partial charge in [-0.15, -0.1) is 0 Å². The Labute approximate surface area is 120 Å². The molecule has 1 aromatic heterocycles. The average molecular weight is 291 g/mol. The van der Waals surface area contributed by atoms with E-state index in [9.17, 15) is 14.9 Å². The van der Waals surface area contributed by atoms with E-state index in [4.69, 9.17) is 9.47 Å². The van der Waals surface area contributed by atoms with Gasteiger partial charge in [0.1, 0.15) is 17.9 Å². The van der Waals surface area contributed by atoms with Crippen molar-refractivity contribution in [2.24, 2.45) is 0 Å². The largest absolute Gasteiger partial charge is 0.496 e. The van der Waals surface area contributed by atoms with E-state index in [2.05, 4.69) is 5.10 Å². The maximum Gasteiger partial charge on any atom is 0.342 e. The van der Waals surface area contributed by atoms with Gasteiger partial charge in [0.05, 0.1) is 18.6 Å². The molecular formula is C13H13N3O5. The summed E-state index contributed by atoms with van der Waals surface area (Å²) in [7, 11) is 1.38. The molecule has 21 heavy (non-hydrogen) atoms. The zero-order valence-electron chi connectivity index (χ0n) is 11.3. The van der Waals surface area contributed by atoms with Crippen LogP contribution in [0.5, 0.6) is 5.75 Å². The van der Waals surface area contributed by atoms with Gasteiger partial charge in [-0.25, -0.2) is 4.79 Å². The molecule has 0 N–H and O–H groups in total. The molecule has 0 fully saturated rings. The number of non-ortho nitro benzene ring substituents is 1. The van der Waals surface area contributed by atoms with Crippen molar-refractivity contribution in [2.45, 2.75) is 6.54 Å². The van der Waals surface area contributed by atoms with Gasteiger partial charge < -0.3 is 9.47 Å². The van der Waals surface area contributed by atoms with Crippen LogP contribution in [0.15, 0.2) is 36.7 Å². The topological polar surface area (TPSA) is 96.5 Å². The number of nitro benzene ring substituents is 1. The lowest BCUT2D eigenvalue weighted by Gasteiger charge is -2.08. The lowest BCUT2D eigenvalue weighted by molar-refractivity contribution is -0.384. The number of hydrogen-bond donors (Lipinski definition) is 0. The molecule has 0 aliphatic heterocycles. The number of nitrogens with zero attached hydrogens (tertiary/aromatic N) is 3. The van der Waals surface area contributed by atoms with E-state index < -0.39 is 10.9 Å². The lowest BCUT2D eigenvalue weighted by atomic mass is 10.2. The maximum atomic E-state index is 12.0. The first-order valence-corrected chi connectivity index (χ1v) is 6.09. The number of carbonyl (C=O) groups excluding carboxylic acids is 1. The third kappa shape index (κ3) is 3.56. The van der Waals surface area contributed by atoms with Crippen molar-refractivity contribution in [2.75, 3.05) is 13.7 Å². The summed E-state index contributed by atoms with van der Waals surface area (Å²) < 4.78 is 11.7. The van der Waals surface area contributed by atoms with Crippen LogP contribution in [0.25, 0.3) is 0 Å². The molecule has 2 aromatic rings. The van der Waals surface area contributed by atoms with Gasteiger partial charge in [0, 0.05) is 24.5 Å². The summed E-state index contributed by atoms with van der Waals surface area (Å²) in [5, 5.41) is 14.7. The first-order chi connectivity index (χ1) is 10.1. The Kier molecular flexibility index (Phi) is 4.50. The SMILES string of the molecule is COc1ccc([N+](=O)[O-])cc1C(=O)OCCn1cccn1. The third-order valence-corrected chi connectivity index (χ3v) is 2.73. The van der Waals surface area contributed by atoms with Crippen LogP contribution in [-0.2, 0) is 11.3 Å². The molecule has 1 heterocycles. The van der Waals surface area contributed by atoms with Crippen LogP contribution in [-0.4, -0.2) is 34.4 Å². The fourth-order valence-corrected chi connectivity index (χ4v) is 1.71. The molecule has 0 aliphatic rings. The molecule has 2 rings (SSSR count). The van der Waals surface area contributed by atoms with E-state index in [-0.39, 0.29) is 23.6 Å². The molecule has 110 valence electrons. The van der Waals surface area contributed by atoms with Crippen LogP contribution in [0, 0.1) is 10.1 Å². The number of esters is 1. The zero-order chi connectivity index (χ0) is 15.2. The number of carbonyl (C=O) groups is 1. The first-order valence-electron chi connectivity index (χ1n) is 6.09. The highest BCUT2D eigenvalue weighted by molar-refractivity contribution is 5.93. The van der Waals surface area contributed by atoms with Crippen molar-refractivity contribution in [1.29, 1.82) is 0 Å². The Morgan fingerprint density at radius 1 is 1.48 bits per heavy atom. The highest BCUT2D eigenvalue weighted by Crippen LogP contribution is 2.24.